The van der Waals surface area contributed by atoms with Crippen LogP contribution in [0.25, 0.3) is 11.4 Å². The Labute approximate surface area is 160 Å². The highest BCUT2D eigenvalue weighted by atomic mass is 16.5. The summed E-state index contributed by atoms with van der Waals surface area (Å²) in [6.07, 6.45) is 4.06. The second-order valence-electron chi connectivity index (χ2n) is 6.75. The maximum absolute atomic E-state index is 5.98. The van der Waals surface area contributed by atoms with Crippen LogP contribution in [0.1, 0.15) is 11.7 Å². The first-order valence-corrected chi connectivity index (χ1v) is 9.38. The summed E-state index contributed by atoms with van der Waals surface area (Å²) in [5.41, 5.74) is 2.32. The van der Waals surface area contributed by atoms with Crippen LogP contribution < -0.4 is 4.74 Å². The smallest absolute Gasteiger partial charge is 0.140 e. The van der Waals surface area contributed by atoms with E-state index in [0.29, 0.717) is 0 Å². The molecule has 1 atom stereocenters. The number of imidazole rings is 1. The zero-order valence-corrected chi connectivity index (χ0v) is 15.6. The minimum Gasteiger partial charge on any atom is -0.497 e. The van der Waals surface area contributed by atoms with Gasteiger partial charge in [0.2, 0.25) is 0 Å². The van der Waals surface area contributed by atoms with E-state index in [2.05, 4.69) is 44.8 Å². The third-order valence-corrected chi connectivity index (χ3v) is 5.02. The molecule has 1 aromatic heterocycles. The van der Waals surface area contributed by atoms with Crippen LogP contribution >= 0.6 is 0 Å². The van der Waals surface area contributed by atoms with E-state index in [9.17, 15) is 0 Å². The molecule has 0 bridgehead atoms. The van der Waals surface area contributed by atoms with Gasteiger partial charge in [-0.05, 0) is 17.7 Å². The van der Waals surface area contributed by atoms with Crippen molar-refractivity contribution in [2.75, 3.05) is 33.4 Å². The van der Waals surface area contributed by atoms with Crippen LogP contribution in [-0.2, 0) is 11.3 Å². The molecule has 5 nitrogen and oxygen atoms in total. The van der Waals surface area contributed by atoms with E-state index in [4.69, 9.17) is 9.47 Å². The van der Waals surface area contributed by atoms with Crippen molar-refractivity contribution >= 4 is 0 Å². The van der Waals surface area contributed by atoms with Crippen LogP contribution in [0.15, 0.2) is 67.0 Å². The van der Waals surface area contributed by atoms with E-state index in [-0.39, 0.29) is 6.10 Å². The highest BCUT2D eigenvalue weighted by molar-refractivity contribution is 5.58. The fraction of sp³-hybridized carbons (Fsp3) is 0.318. The Bertz CT molecular complexity index is 863. The zero-order valence-electron chi connectivity index (χ0n) is 15.6. The Hall–Kier alpha value is -2.63. The molecule has 3 aromatic rings. The predicted octanol–water partition coefficient (Wildman–Crippen LogP) is 3.63. The fourth-order valence-corrected chi connectivity index (χ4v) is 3.54. The van der Waals surface area contributed by atoms with Crippen molar-refractivity contribution in [2.45, 2.75) is 12.6 Å². The first-order valence-electron chi connectivity index (χ1n) is 9.38. The Kier molecular flexibility index (Phi) is 5.51. The van der Waals surface area contributed by atoms with Crippen molar-refractivity contribution in [3.8, 4) is 17.1 Å². The number of methoxy groups -OCH3 is 1. The van der Waals surface area contributed by atoms with Gasteiger partial charge >= 0.3 is 0 Å². The lowest BCUT2D eigenvalue weighted by Gasteiger charge is -2.33. The van der Waals surface area contributed by atoms with E-state index in [1.807, 2.05) is 36.7 Å². The molecule has 27 heavy (non-hydrogen) atoms. The summed E-state index contributed by atoms with van der Waals surface area (Å²) in [6.45, 7) is 4.53. The SMILES string of the molecule is COc1cccc(-c2nccn2CCN2CCOC(c3ccccc3)C2)c1. The highest BCUT2D eigenvalue weighted by Gasteiger charge is 2.21. The number of nitrogens with zero attached hydrogens (tertiary/aromatic N) is 3. The monoisotopic (exact) mass is 363 g/mol. The van der Waals surface area contributed by atoms with Crippen LogP contribution in [0.5, 0.6) is 5.75 Å². The molecule has 0 radical (unpaired) electrons. The normalized spacial score (nSPS) is 17.7. The summed E-state index contributed by atoms with van der Waals surface area (Å²) < 4.78 is 13.5. The number of ether oxygens (including phenoxy) is 2. The van der Waals surface area contributed by atoms with E-state index >= 15 is 0 Å². The quantitative estimate of drug-likeness (QED) is 0.670. The van der Waals surface area contributed by atoms with Crippen molar-refractivity contribution in [3.63, 3.8) is 0 Å². The molecule has 0 aliphatic carbocycles. The van der Waals surface area contributed by atoms with E-state index in [1.54, 1.807) is 7.11 Å². The third kappa shape index (κ3) is 4.21. The summed E-state index contributed by atoms with van der Waals surface area (Å²) in [4.78, 5) is 7.02. The Morgan fingerprint density at radius 1 is 1.11 bits per heavy atom. The second kappa shape index (κ2) is 8.37. The molecule has 1 fully saturated rings. The first kappa shape index (κ1) is 17.8. The maximum Gasteiger partial charge on any atom is 0.140 e. The molecular weight excluding hydrogens is 338 g/mol. The van der Waals surface area contributed by atoms with Gasteiger partial charge in [-0.1, -0.05) is 42.5 Å². The van der Waals surface area contributed by atoms with Gasteiger partial charge in [-0.3, -0.25) is 4.90 Å². The van der Waals surface area contributed by atoms with Gasteiger partial charge in [0.05, 0.1) is 19.8 Å². The molecule has 2 aromatic carbocycles. The molecule has 1 aliphatic heterocycles. The van der Waals surface area contributed by atoms with Crippen molar-refractivity contribution in [3.05, 3.63) is 72.6 Å². The molecular formula is C22H25N3O2. The second-order valence-corrected chi connectivity index (χ2v) is 6.75. The molecule has 1 unspecified atom stereocenters. The summed E-state index contributed by atoms with van der Waals surface area (Å²) in [6, 6.07) is 18.5. The van der Waals surface area contributed by atoms with Gasteiger partial charge in [0.15, 0.2) is 0 Å². The molecule has 0 N–H and O–H groups in total. The number of aromatic nitrogens is 2. The van der Waals surface area contributed by atoms with Gasteiger partial charge in [0, 0.05) is 44.1 Å². The lowest BCUT2D eigenvalue weighted by molar-refractivity contribution is -0.0308. The van der Waals surface area contributed by atoms with Crippen LogP contribution in [-0.4, -0.2) is 47.8 Å². The minimum atomic E-state index is 0.153. The molecule has 0 spiro atoms. The minimum absolute atomic E-state index is 0.153. The average Bonchev–Trinajstić information content (AvgIpc) is 3.22. The van der Waals surface area contributed by atoms with Gasteiger partial charge < -0.3 is 14.0 Å². The Balaban J connectivity index is 1.41. The Morgan fingerprint density at radius 3 is 2.85 bits per heavy atom. The molecule has 1 saturated heterocycles. The van der Waals surface area contributed by atoms with E-state index in [1.165, 1.54) is 5.56 Å². The molecule has 0 saturated carbocycles. The van der Waals surface area contributed by atoms with Crippen molar-refractivity contribution in [1.29, 1.82) is 0 Å². The van der Waals surface area contributed by atoms with Crippen LogP contribution in [0.4, 0.5) is 0 Å². The van der Waals surface area contributed by atoms with Crippen molar-refractivity contribution in [2.24, 2.45) is 0 Å². The molecule has 0 amide bonds. The van der Waals surface area contributed by atoms with Crippen molar-refractivity contribution < 1.29 is 9.47 Å². The topological polar surface area (TPSA) is 39.5 Å². The molecule has 2 heterocycles. The van der Waals surface area contributed by atoms with Crippen LogP contribution in [0, 0.1) is 0 Å². The van der Waals surface area contributed by atoms with Gasteiger partial charge in [-0.2, -0.15) is 0 Å². The largest absolute Gasteiger partial charge is 0.497 e. The van der Waals surface area contributed by atoms with Crippen LogP contribution in [0.2, 0.25) is 0 Å². The predicted molar refractivity (Wildman–Crippen MR) is 106 cm³/mol. The first-order chi connectivity index (χ1) is 13.3. The standard InChI is InChI=1S/C22H25N3O2/c1-26-20-9-5-8-19(16-20)22-23-10-11-25(22)13-12-24-14-15-27-21(17-24)18-6-3-2-4-7-18/h2-11,16,21H,12-15,17H2,1H3. The maximum atomic E-state index is 5.98. The van der Waals surface area contributed by atoms with Gasteiger partial charge in [0.25, 0.3) is 0 Å². The summed E-state index contributed by atoms with van der Waals surface area (Å²) in [5.74, 6) is 1.82. The fourth-order valence-electron chi connectivity index (χ4n) is 3.54. The van der Waals surface area contributed by atoms with E-state index in [0.717, 1.165) is 49.9 Å². The highest BCUT2D eigenvalue weighted by Crippen LogP contribution is 2.24. The van der Waals surface area contributed by atoms with Gasteiger partial charge in [-0.15, -0.1) is 0 Å². The molecule has 140 valence electrons. The summed E-state index contributed by atoms with van der Waals surface area (Å²) in [7, 11) is 1.69. The molecule has 5 heteroatoms. The number of hydrogen-bond donors (Lipinski definition) is 0. The zero-order chi connectivity index (χ0) is 18.5. The van der Waals surface area contributed by atoms with E-state index < -0.39 is 0 Å². The number of rotatable bonds is 6. The molecule has 4 rings (SSSR count). The number of hydrogen-bond acceptors (Lipinski definition) is 4. The Morgan fingerprint density at radius 2 is 2.00 bits per heavy atom. The van der Waals surface area contributed by atoms with Crippen LogP contribution in [0.3, 0.4) is 0 Å². The van der Waals surface area contributed by atoms with Gasteiger partial charge in [-0.25, -0.2) is 4.98 Å². The summed E-state index contributed by atoms with van der Waals surface area (Å²) >= 11 is 0. The number of benzene rings is 2. The molecule has 1 aliphatic rings. The van der Waals surface area contributed by atoms with Crippen molar-refractivity contribution in [1.82, 2.24) is 14.5 Å². The third-order valence-electron chi connectivity index (χ3n) is 5.02. The average molecular weight is 363 g/mol. The summed E-state index contributed by atoms with van der Waals surface area (Å²) in [5, 5.41) is 0. The lowest BCUT2D eigenvalue weighted by atomic mass is 10.1. The van der Waals surface area contributed by atoms with Gasteiger partial charge in [0.1, 0.15) is 11.6 Å². The lowest BCUT2D eigenvalue weighted by Crippen LogP contribution is -2.40. The number of morpholine rings is 1.